The third kappa shape index (κ3) is 5.26. The molecule has 0 aliphatic heterocycles. The fraction of sp³-hybridized carbons (Fsp3) is 0.0517. The Morgan fingerprint density at radius 3 is 1.81 bits per heavy atom. The molecule has 9 aromatic carbocycles. The van der Waals surface area contributed by atoms with Gasteiger partial charge in [0.15, 0.2) is 0 Å². The molecule has 298 valence electrons. The SMILES string of the molecule is CC1(C)c2ccccc2-c2ccc(N(c3ccc(-c4ccccc4)cc3)c3cccc(-n4c5ccc(-n6c7ccccc7c7ccccc76)cc5n5c6ccccc6nc45)c3)cc21. The van der Waals surface area contributed by atoms with Crippen molar-refractivity contribution < 1.29 is 0 Å². The van der Waals surface area contributed by atoms with Crippen molar-refractivity contribution in [2.75, 3.05) is 4.90 Å². The van der Waals surface area contributed by atoms with Gasteiger partial charge in [-0.25, -0.2) is 4.98 Å². The van der Waals surface area contributed by atoms with Crippen molar-refractivity contribution in [3.63, 3.8) is 0 Å². The lowest BCUT2D eigenvalue weighted by Crippen LogP contribution is -2.16. The van der Waals surface area contributed by atoms with Gasteiger partial charge in [0.05, 0.1) is 38.8 Å². The minimum Gasteiger partial charge on any atom is -0.310 e. The molecule has 0 N–H and O–H groups in total. The standard InChI is InChI=1S/C58H41N5/c1-58(2)49-22-9-6-19-45(49)46-33-31-43(36-50(46)58)60(40-29-27-39(28-30-40)38-15-4-3-5-16-38)41-17-14-18-42(35-41)62-55-34-32-44(37-56(55)63-54-26-13-10-23-51(54)59-57(62)63)61-52-24-11-7-20-47(52)48-21-8-12-25-53(48)61/h3-37H,1-2H3. The number of nitrogens with zero attached hydrogens (tertiary/aromatic N) is 5. The zero-order chi connectivity index (χ0) is 41.8. The molecule has 0 unspecified atom stereocenters. The maximum absolute atomic E-state index is 5.33. The minimum absolute atomic E-state index is 0.136. The van der Waals surface area contributed by atoms with Crippen LogP contribution in [-0.4, -0.2) is 18.5 Å². The summed E-state index contributed by atoms with van der Waals surface area (Å²) in [7, 11) is 0. The number of hydrogen-bond donors (Lipinski definition) is 0. The lowest BCUT2D eigenvalue weighted by atomic mass is 9.82. The lowest BCUT2D eigenvalue weighted by Gasteiger charge is -2.28. The predicted octanol–water partition coefficient (Wildman–Crippen LogP) is 15.0. The number of aromatic nitrogens is 4. The number of rotatable bonds is 6. The normalized spacial score (nSPS) is 13.0. The van der Waals surface area contributed by atoms with Gasteiger partial charge in [-0.1, -0.05) is 141 Å². The van der Waals surface area contributed by atoms with Crippen LogP contribution in [0.1, 0.15) is 25.0 Å². The molecule has 5 nitrogen and oxygen atoms in total. The van der Waals surface area contributed by atoms with E-state index >= 15 is 0 Å². The van der Waals surface area contributed by atoms with Crippen LogP contribution in [0.25, 0.3) is 83.3 Å². The molecule has 12 aromatic rings. The first-order valence-corrected chi connectivity index (χ1v) is 21.7. The molecule has 0 fully saturated rings. The second-order valence-electron chi connectivity index (χ2n) is 17.3. The fourth-order valence-corrected chi connectivity index (χ4v) is 10.5. The molecule has 0 amide bonds. The van der Waals surface area contributed by atoms with Gasteiger partial charge in [0.2, 0.25) is 5.78 Å². The predicted molar refractivity (Wildman–Crippen MR) is 262 cm³/mol. The van der Waals surface area contributed by atoms with E-state index in [4.69, 9.17) is 4.98 Å². The minimum atomic E-state index is -0.136. The molecule has 0 saturated carbocycles. The Bertz CT molecular complexity index is 3720. The van der Waals surface area contributed by atoms with E-state index < -0.39 is 0 Å². The third-order valence-electron chi connectivity index (χ3n) is 13.4. The summed E-state index contributed by atoms with van der Waals surface area (Å²) in [5.41, 5.74) is 19.6. The van der Waals surface area contributed by atoms with E-state index in [1.165, 1.54) is 55.2 Å². The highest BCUT2D eigenvalue weighted by atomic mass is 15.2. The van der Waals surface area contributed by atoms with Gasteiger partial charge in [0.1, 0.15) is 0 Å². The van der Waals surface area contributed by atoms with Crippen molar-refractivity contribution in [3.05, 3.63) is 223 Å². The van der Waals surface area contributed by atoms with Gasteiger partial charge < -0.3 is 9.47 Å². The number of hydrogen-bond acceptors (Lipinski definition) is 2. The van der Waals surface area contributed by atoms with Crippen molar-refractivity contribution in [1.29, 1.82) is 0 Å². The molecule has 63 heavy (non-hydrogen) atoms. The quantitative estimate of drug-likeness (QED) is 0.168. The van der Waals surface area contributed by atoms with E-state index in [0.29, 0.717) is 0 Å². The molecule has 0 atom stereocenters. The molecule has 0 bridgehead atoms. The molecule has 0 radical (unpaired) electrons. The van der Waals surface area contributed by atoms with Crippen molar-refractivity contribution >= 4 is 66.7 Å². The number of benzene rings is 9. The summed E-state index contributed by atoms with van der Waals surface area (Å²) in [6, 6.07) is 77.1. The van der Waals surface area contributed by atoms with Crippen LogP contribution in [-0.2, 0) is 5.41 Å². The summed E-state index contributed by atoms with van der Waals surface area (Å²) in [5, 5.41) is 2.49. The zero-order valence-corrected chi connectivity index (χ0v) is 34.9. The van der Waals surface area contributed by atoms with Gasteiger partial charge in [-0.15, -0.1) is 0 Å². The van der Waals surface area contributed by atoms with E-state index in [1.54, 1.807) is 0 Å². The van der Waals surface area contributed by atoms with Crippen LogP contribution in [0.4, 0.5) is 17.1 Å². The van der Waals surface area contributed by atoms with Crippen LogP contribution in [0.2, 0.25) is 0 Å². The Labute approximate surface area is 365 Å². The monoisotopic (exact) mass is 807 g/mol. The van der Waals surface area contributed by atoms with Crippen LogP contribution in [0, 0.1) is 0 Å². The van der Waals surface area contributed by atoms with Crippen LogP contribution in [0.3, 0.4) is 0 Å². The molecule has 13 rings (SSSR count). The van der Waals surface area contributed by atoms with Gasteiger partial charge in [-0.2, -0.15) is 0 Å². The molecular weight excluding hydrogens is 767 g/mol. The first-order valence-electron chi connectivity index (χ1n) is 21.7. The van der Waals surface area contributed by atoms with E-state index in [2.05, 4.69) is 245 Å². The molecule has 1 aliphatic rings. The summed E-state index contributed by atoms with van der Waals surface area (Å²) in [5.74, 6) is 0.874. The van der Waals surface area contributed by atoms with E-state index in [1.807, 2.05) is 0 Å². The fourth-order valence-electron chi connectivity index (χ4n) is 10.5. The molecule has 1 aliphatic carbocycles. The Kier molecular flexibility index (Phi) is 7.58. The topological polar surface area (TPSA) is 30.4 Å². The van der Waals surface area contributed by atoms with Crippen LogP contribution >= 0.6 is 0 Å². The van der Waals surface area contributed by atoms with Crippen molar-refractivity contribution in [1.82, 2.24) is 18.5 Å². The summed E-state index contributed by atoms with van der Waals surface area (Å²) < 4.78 is 7.05. The Morgan fingerprint density at radius 1 is 0.397 bits per heavy atom. The Balaban J connectivity index is 1.01. The molecule has 0 saturated heterocycles. The van der Waals surface area contributed by atoms with Crippen LogP contribution < -0.4 is 4.90 Å². The number of para-hydroxylation sites is 4. The first kappa shape index (κ1) is 35.6. The summed E-state index contributed by atoms with van der Waals surface area (Å²) in [6.45, 7) is 4.70. The number of imidazole rings is 2. The second-order valence-corrected chi connectivity index (χ2v) is 17.3. The van der Waals surface area contributed by atoms with E-state index in [0.717, 1.165) is 56.3 Å². The number of fused-ring (bicyclic) bond motifs is 11. The second kappa shape index (κ2) is 13.4. The maximum Gasteiger partial charge on any atom is 0.220 e. The highest BCUT2D eigenvalue weighted by molar-refractivity contribution is 6.09. The third-order valence-corrected chi connectivity index (χ3v) is 13.4. The van der Waals surface area contributed by atoms with Gasteiger partial charge in [0.25, 0.3) is 0 Å². The highest BCUT2D eigenvalue weighted by Gasteiger charge is 2.36. The largest absolute Gasteiger partial charge is 0.310 e. The van der Waals surface area contributed by atoms with Gasteiger partial charge >= 0.3 is 0 Å². The Morgan fingerprint density at radius 2 is 1.02 bits per heavy atom. The van der Waals surface area contributed by atoms with Crippen molar-refractivity contribution in [2.45, 2.75) is 19.3 Å². The molecule has 3 heterocycles. The summed E-state index contributed by atoms with van der Waals surface area (Å²) >= 11 is 0. The average molecular weight is 808 g/mol. The van der Waals surface area contributed by atoms with Gasteiger partial charge in [-0.3, -0.25) is 8.97 Å². The highest BCUT2D eigenvalue weighted by Crippen LogP contribution is 2.51. The van der Waals surface area contributed by atoms with Crippen molar-refractivity contribution in [2.24, 2.45) is 0 Å². The molecule has 0 spiro atoms. The molecule has 3 aromatic heterocycles. The number of anilines is 3. The summed E-state index contributed by atoms with van der Waals surface area (Å²) in [4.78, 5) is 7.74. The first-order chi connectivity index (χ1) is 31.0. The Hall–Kier alpha value is -8.15. The average Bonchev–Trinajstić information content (AvgIpc) is 4.04. The van der Waals surface area contributed by atoms with Crippen LogP contribution in [0.5, 0.6) is 0 Å². The van der Waals surface area contributed by atoms with E-state index in [-0.39, 0.29) is 5.41 Å². The van der Waals surface area contributed by atoms with Gasteiger partial charge in [-0.05, 0) is 118 Å². The molecule has 5 heteroatoms. The van der Waals surface area contributed by atoms with E-state index in [9.17, 15) is 0 Å². The molecular formula is C58H41N5. The zero-order valence-electron chi connectivity index (χ0n) is 34.9. The summed E-state index contributed by atoms with van der Waals surface area (Å²) in [6.07, 6.45) is 0. The maximum atomic E-state index is 5.33. The van der Waals surface area contributed by atoms with Crippen LogP contribution in [0.15, 0.2) is 212 Å². The van der Waals surface area contributed by atoms with Gasteiger partial charge in [0, 0.05) is 38.9 Å². The lowest BCUT2D eigenvalue weighted by molar-refractivity contribution is 0.660. The van der Waals surface area contributed by atoms with Crippen molar-refractivity contribution in [3.8, 4) is 33.6 Å². The smallest absolute Gasteiger partial charge is 0.220 e.